The number of nitrogens with one attached hydrogen (secondary N) is 3. The number of hydrogen-bond donors (Lipinski definition) is 3. The molecule has 4 aromatic rings. The Morgan fingerprint density at radius 3 is 2.80 bits per heavy atom. The number of para-hydroxylation sites is 1. The van der Waals surface area contributed by atoms with E-state index in [-0.39, 0.29) is 6.54 Å². The van der Waals surface area contributed by atoms with Gasteiger partial charge in [0.15, 0.2) is 5.82 Å². The number of nitrogens with zero attached hydrogens (tertiary/aromatic N) is 2. The molecule has 0 atom stereocenters. The normalized spacial score (nSPS) is 14.8. The van der Waals surface area contributed by atoms with Crippen molar-refractivity contribution >= 4 is 33.7 Å². The molecule has 0 bridgehead atoms. The number of fused-ring (bicyclic) bond motifs is 4. The molecule has 7 nitrogen and oxygen atoms in total. The Kier molecular flexibility index (Phi) is 4.17. The van der Waals surface area contributed by atoms with Gasteiger partial charge in [0.1, 0.15) is 0 Å². The number of carbonyl (C=O) groups is 1. The van der Waals surface area contributed by atoms with Gasteiger partial charge in [0, 0.05) is 28.5 Å². The molecule has 10 heteroatoms. The van der Waals surface area contributed by atoms with Crippen molar-refractivity contribution in [3.8, 4) is 0 Å². The van der Waals surface area contributed by atoms with Crippen molar-refractivity contribution in [2.45, 2.75) is 19.1 Å². The Morgan fingerprint density at radius 1 is 1.13 bits per heavy atom. The predicted molar refractivity (Wildman–Crippen MR) is 104 cm³/mol. The van der Waals surface area contributed by atoms with Crippen molar-refractivity contribution < 1.29 is 22.8 Å². The van der Waals surface area contributed by atoms with Crippen LogP contribution in [0.25, 0.3) is 21.8 Å². The average Bonchev–Trinajstić information content (AvgIpc) is 3.27. The molecule has 3 heterocycles. The maximum Gasteiger partial charge on any atom is 0.432 e. The molecular formula is C20H16F3N5O2. The van der Waals surface area contributed by atoms with Crippen LogP contribution < -0.4 is 5.32 Å². The summed E-state index contributed by atoms with van der Waals surface area (Å²) in [7, 11) is 0. The Bertz CT molecular complexity index is 1260. The molecule has 30 heavy (non-hydrogen) atoms. The van der Waals surface area contributed by atoms with Crippen LogP contribution in [0.1, 0.15) is 16.8 Å². The van der Waals surface area contributed by atoms with Crippen molar-refractivity contribution in [3.05, 3.63) is 59.3 Å². The zero-order valence-corrected chi connectivity index (χ0v) is 15.5. The second kappa shape index (κ2) is 6.77. The topological polar surface area (TPSA) is 86.0 Å². The molecule has 0 aliphatic carbocycles. The molecule has 0 saturated carbocycles. The summed E-state index contributed by atoms with van der Waals surface area (Å²) in [6.07, 6.45) is -4.55. The highest BCUT2D eigenvalue weighted by Crippen LogP contribution is 2.34. The summed E-state index contributed by atoms with van der Waals surface area (Å²) in [5.74, 6) is 0.360. The van der Waals surface area contributed by atoms with Crippen LogP contribution in [0.2, 0.25) is 0 Å². The second-order valence-electron chi connectivity index (χ2n) is 7.08. The van der Waals surface area contributed by atoms with Crippen molar-refractivity contribution in [1.82, 2.24) is 20.2 Å². The van der Waals surface area contributed by atoms with Gasteiger partial charge in [-0.25, -0.2) is 4.79 Å². The number of aromatic amines is 2. The van der Waals surface area contributed by atoms with Gasteiger partial charge < -0.3 is 9.82 Å². The second-order valence-corrected chi connectivity index (χ2v) is 7.08. The fourth-order valence-corrected chi connectivity index (χ4v) is 3.77. The van der Waals surface area contributed by atoms with Crippen molar-refractivity contribution in [3.63, 3.8) is 0 Å². The molecular weight excluding hydrogens is 399 g/mol. The fraction of sp³-hybridized carbons (Fsp3) is 0.200. The Labute approximate surface area is 167 Å². The van der Waals surface area contributed by atoms with Gasteiger partial charge >= 0.3 is 12.3 Å². The molecule has 1 amide bonds. The first-order valence-corrected chi connectivity index (χ1v) is 9.26. The van der Waals surface area contributed by atoms with E-state index in [1.807, 2.05) is 24.3 Å². The van der Waals surface area contributed by atoms with Crippen LogP contribution in [-0.4, -0.2) is 32.9 Å². The molecule has 0 spiro atoms. The first-order chi connectivity index (χ1) is 14.4. The van der Waals surface area contributed by atoms with E-state index in [1.165, 1.54) is 11.1 Å². The number of benzene rings is 2. The van der Waals surface area contributed by atoms with Gasteiger partial charge in [-0.1, -0.05) is 18.2 Å². The van der Waals surface area contributed by atoms with E-state index < -0.39 is 17.8 Å². The van der Waals surface area contributed by atoms with E-state index in [0.29, 0.717) is 24.3 Å². The molecule has 154 valence electrons. The van der Waals surface area contributed by atoms with Crippen LogP contribution in [0.3, 0.4) is 0 Å². The smallest absolute Gasteiger partial charge is 0.357 e. The average molecular weight is 415 g/mol. The lowest BCUT2D eigenvalue weighted by Gasteiger charge is -2.25. The van der Waals surface area contributed by atoms with Gasteiger partial charge in [-0.3, -0.25) is 10.4 Å². The van der Waals surface area contributed by atoms with Crippen LogP contribution in [-0.2, 0) is 24.0 Å². The van der Waals surface area contributed by atoms with Crippen LogP contribution in [0.5, 0.6) is 0 Å². The number of hydroxylamine groups is 2. The van der Waals surface area contributed by atoms with Crippen LogP contribution in [0.15, 0.2) is 42.5 Å². The highest BCUT2D eigenvalue weighted by Gasteiger charge is 2.31. The minimum Gasteiger partial charge on any atom is -0.357 e. The number of aromatic nitrogens is 3. The number of anilines is 1. The third-order valence-corrected chi connectivity index (χ3v) is 5.17. The number of H-pyrrole nitrogens is 2. The summed E-state index contributed by atoms with van der Waals surface area (Å²) >= 11 is 0. The standard InChI is InChI=1S/C20H16F3N5O2/c21-20(22,23)11-5-6-12-13-7-8-28(10-17(13)24-16(12)9-11)30-19(29)25-18-14-3-1-2-4-15(14)26-27-18/h1-6,9,24H,7-8,10H2,(H2,25,26,27,29). The van der Waals surface area contributed by atoms with Gasteiger partial charge in [0.25, 0.3) is 0 Å². The van der Waals surface area contributed by atoms with Crippen molar-refractivity contribution in [2.24, 2.45) is 0 Å². The zero-order valence-electron chi connectivity index (χ0n) is 15.5. The van der Waals surface area contributed by atoms with E-state index in [1.54, 1.807) is 0 Å². The Balaban J connectivity index is 1.31. The lowest BCUT2D eigenvalue weighted by Crippen LogP contribution is -2.34. The summed E-state index contributed by atoms with van der Waals surface area (Å²) in [5.41, 5.74) is 2.18. The first kappa shape index (κ1) is 18.5. The zero-order chi connectivity index (χ0) is 20.9. The minimum absolute atomic E-state index is 0.250. The highest BCUT2D eigenvalue weighted by molar-refractivity contribution is 5.96. The molecule has 2 aromatic carbocycles. The lowest BCUT2D eigenvalue weighted by molar-refractivity contribution is -0.137. The van der Waals surface area contributed by atoms with Gasteiger partial charge in [-0.2, -0.15) is 18.3 Å². The fourth-order valence-electron chi connectivity index (χ4n) is 3.77. The number of amides is 1. The molecule has 0 radical (unpaired) electrons. The molecule has 3 N–H and O–H groups in total. The summed E-state index contributed by atoms with van der Waals surface area (Å²) in [5, 5.41) is 12.5. The summed E-state index contributed by atoms with van der Waals surface area (Å²) in [4.78, 5) is 20.7. The van der Waals surface area contributed by atoms with E-state index in [0.717, 1.165) is 39.7 Å². The Morgan fingerprint density at radius 2 is 1.97 bits per heavy atom. The SMILES string of the molecule is O=C(Nc1n[nH]c2ccccc12)ON1CCc2c([nH]c3cc(C(F)(F)F)ccc23)C1. The predicted octanol–water partition coefficient (Wildman–Crippen LogP) is 4.58. The van der Waals surface area contributed by atoms with Gasteiger partial charge in [-0.15, -0.1) is 5.06 Å². The maximum absolute atomic E-state index is 13.0. The van der Waals surface area contributed by atoms with E-state index >= 15 is 0 Å². The van der Waals surface area contributed by atoms with E-state index in [4.69, 9.17) is 4.84 Å². The number of carbonyl (C=O) groups excluding carboxylic acids is 1. The first-order valence-electron chi connectivity index (χ1n) is 9.26. The largest absolute Gasteiger partial charge is 0.432 e. The maximum atomic E-state index is 13.0. The minimum atomic E-state index is -4.40. The monoisotopic (exact) mass is 415 g/mol. The van der Waals surface area contributed by atoms with Crippen LogP contribution in [0, 0.1) is 0 Å². The third-order valence-electron chi connectivity index (χ3n) is 5.17. The summed E-state index contributed by atoms with van der Waals surface area (Å²) in [6, 6.07) is 11.0. The third kappa shape index (κ3) is 3.24. The number of halogens is 3. The molecule has 2 aromatic heterocycles. The van der Waals surface area contributed by atoms with Gasteiger partial charge in [0.2, 0.25) is 0 Å². The number of alkyl halides is 3. The van der Waals surface area contributed by atoms with Gasteiger partial charge in [0.05, 0.1) is 17.6 Å². The quantitative estimate of drug-likeness (QED) is 0.447. The van der Waals surface area contributed by atoms with E-state index in [2.05, 4.69) is 20.5 Å². The Hall–Kier alpha value is -3.53. The molecule has 0 saturated heterocycles. The van der Waals surface area contributed by atoms with Gasteiger partial charge in [-0.05, 0) is 36.2 Å². The van der Waals surface area contributed by atoms with Crippen LogP contribution in [0.4, 0.5) is 23.8 Å². The highest BCUT2D eigenvalue weighted by atomic mass is 19.4. The van der Waals surface area contributed by atoms with Crippen molar-refractivity contribution in [1.29, 1.82) is 0 Å². The molecule has 0 fully saturated rings. The molecule has 1 aliphatic heterocycles. The molecule has 0 unspecified atom stereocenters. The number of hydrogen-bond acceptors (Lipinski definition) is 4. The molecule has 1 aliphatic rings. The van der Waals surface area contributed by atoms with Crippen molar-refractivity contribution in [2.75, 3.05) is 11.9 Å². The van der Waals surface area contributed by atoms with Crippen LogP contribution >= 0.6 is 0 Å². The van der Waals surface area contributed by atoms with E-state index in [9.17, 15) is 18.0 Å². The summed E-state index contributed by atoms with van der Waals surface area (Å²) < 4.78 is 38.9. The summed E-state index contributed by atoms with van der Waals surface area (Å²) in [6.45, 7) is 0.676. The number of rotatable bonds is 2. The lowest BCUT2D eigenvalue weighted by atomic mass is 10.0. The molecule has 5 rings (SSSR count).